The van der Waals surface area contributed by atoms with Crippen LogP contribution in [-0.2, 0) is 9.59 Å². The van der Waals surface area contributed by atoms with E-state index < -0.39 is 5.25 Å². The molecule has 0 fully saturated rings. The summed E-state index contributed by atoms with van der Waals surface area (Å²) in [6, 6.07) is 12.7. The van der Waals surface area contributed by atoms with Crippen LogP contribution in [0.4, 0.5) is 5.69 Å². The Morgan fingerprint density at radius 3 is 2.46 bits per heavy atom. The lowest BCUT2D eigenvalue weighted by Gasteiger charge is -2.14. The average Bonchev–Trinajstić information content (AvgIpc) is 2.62. The summed E-state index contributed by atoms with van der Waals surface area (Å²) in [6.07, 6.45) is 0. The van der Waals surface area contributed by atoms with Gasteiger partial charge in [-0.05, 0) is 44.2 Å². The van der Waals surface area contributed by atoms with E-state index in [9.17, 15) is 9.59 Å². The number of carbonyl (C=O) groups is 2. The lowest BCUT2D eigenvalue weighted by atomic mass is 10.2. The molecule has 0 saturated heterocycles. The maximum Gasteiger partial charge on any atom is 0.257 e. The molecule has 3 N–H and O–H groups in total. The molecule has 138 valence electrons. The Kier molecular flexibility index (Phi) is 7.63. The van der Waals surface area contributed by atoms with Crippen LogP contribution in [0.2, 0.25) is 10.0 Å². The summed E-state index contributed by atoms with van der Waals surface area (Å²) in [5.41, 5.74) is 6.76. The van der Waals surface area contributed by atoms with E-state index in [0.29, 0.717) is 14.9 Å². The standard InChI is InChI=1S/C18H19Cl2N3O2S/c1-11-3-6-14(7-4-11)21-10-17(24)22-23-18(25)12(2)26-16-9-13(19)5-8-15(16)20/h3-9,12,21H,10H2,1-2H3,(H,22,24)(H,23,25). The van der Waals surface area contributed by atoms with Gasteiger partial charge in [0.1, 0.15) is 0 Å². The third kappa shape index (κ3) is 6.44. The SMILES string of the molecule is Cc1ccc(NCC(=O)NNC(=O)C(C)Sc2cc(Cl)ccc2Cl)cc1. The molecule has 2 aromatic carbocycles. The van der Waals surface area contributed by atoms with E-state index in [0.717, 1.165) is 11.3 Å². The molecular formula is C18H19Cl2N3O2S. The molecule has 0 radical (unpaired) electrons. The largest absolute Gasteiger partial charge is 0.376 e. The first kappa shape index (κ1) is 20.4. The molecule has 26 heavy (non-hydrogen) atoms. The van der Waals surface area contributed by atoms with E-state index >= 15 is 0 Å². The fourth-order valence-corrected chi connectivity index (χ4v) is 3.35. The van der Waals surface area contributed by atoms with E-state index in [1.165, 1.54) is 11.8 Å². The summed E-state index contributed by atoms with van der Waals surface area (Å²) < 4.78 is 0. The zero-order chi connectivity index (χ0) is 19.1. The lowest BCUT2D eigenvalue weighted by molar-refractivity contribution is -0.127. The average molecular weight is 412 g/mol. The number of amides is 2. The molecule has 0 saturated carbocycles. The van der Waals surface area contributed by atoms with Gasteiger partial charge in [0.15, 0.2) is 0 Å². The van der Waals surface area contributed by atoms with Crippen molar-refractivity contribution in [2.45, 2.75) is 24.0 Å². The van der Waals surface area contributed by atoms with Crippen LogP contribution in [0, 0.1) is 6.92 Å². The predicted octanol–water partition coefficient (Wildman–Crippen LogP) is 4.04. The molecule has 2 rings (SSSR count). The van der Waals surface area contributed by atoms with Crippen LogP contribution in [0.25, 0.3) is 0 Å². The molecule has 0 aliphatic rings. The summed E-state index contributed by atoms with van der Waals surface area (Å²) in [6.45, 7) is 3.75. The summed E-state index contributed by atoms with van der Waals surface area (Å²) in [5.74, 6) is -0.688. The Labute approximate surface area is 166 Å². The van der Waals surface area contributed by atoms with Gasteiger partial charge >= 0.3 is 0 Å². The molecule has 0 spiro atoms. The Hall–Kier alpha value is -1.89. The molecule has 0 aromatic heterocycles. The molecule has 0 heterocycles. The second-order valence-electron chi connectivity index (χ2n) is 5.59. The van der Waals surface area contributed by atoms with Crippen molar-refractivity contribution in [1.29, 1.82) is 0 Å². The van der Waals surface area contributed by atoms with Gasteiger partial charge in [0.05, 0.1) is 16.8 Å². The molecule has 1 atom stereocenters. The predicted molar refractivity (Wildman–Crippen MR) is 108 cm³/mol. The van der Waals surface area contributed by atoms with Crippen LogP contribution in [0.3, 0.4) is 0 Å². The first-order valence-electron chi connectivity index (χ1n) is 7.86. The number of benzene rings is 2. The summed E-state index contributed by atoms with van der Waals surface area (Å²) in [4.78, 5) is 24.7. The minimum absolute atomic E-state index is 0.0466. The number of hydrogen-bond acceptors (Lipinski definition) is 4. The third-order valence-electron chi connectivity index (χ3n) is 3.40. The quantitative estimate of drug-likeness (QED) is 0.495. The van der Waals surface area contributed by atoms with Gasteiger partial charge in [-0.25, -0.2) is 0 Å². The van der Waals surface area contributed by atoms with Crippen LogP contribution in [0.1, 0.15) is 12.5 Å². The molecule has 0 aliphatic carbocycles. The van der Waals surface area contributed by atoms with Crippen LogP contribution < -0.4 is 16.2 Å². The zero-order valence-corrected chi connectivity index (χ0v) is 16.6. The van der Waals surface area contributed by atoms with Gasteiger partial charge < -0.3 is 5.32 Å². The van der Waals surface area contributed by atoms with E-state index in [-0.39, 0.29) is 18.4 Å². The van der Waals surface area contributed by atoms with Crippen LogP contribution in [-0.4, -0.2) is 23.6 Å². The number of thioether (sulfide) groups is 1. The van der Waals surface area contributed by atoms with E-state index in [4.69, 9.17) is 23.2 Å². The molecular weight excluding hydrogens is 393 g/mol. The minimum Gasteiger partial charge on any atom is -0.376 e. The highest BCUT2D eigenvalue weighted by atomic mass is 35.5. The fourth-order valence-electron chi connectivity index (χ4n) is 1.94. The number of aryl methyl sites for hydroxylation is 1. The van der Waals surface area contributed by atoms with Crippen molar-refractivity contribution in [3.8, 4) is 0 Å². The highest BCUT2D eigenvalue weighted by molar-refractivity contribution is 8.00. The van der Waals surface area contributed by atoms with Crippen molar-refractivity contribution in [3.05, 3.63) is 58.1 Å². The van der Waals surface area contributed by atoms with Gasteiger partial charge in [0.2, 0.25) is 0 Å². The molecule has 0 aliphatic heterocycles. The second-order valence-corrected chi connectivity index (χ2v) is 7.82. The Morgan fingerprint density at radius 1 is 1.08 bits per heavy atom. The molecule has 8 heteroatoms. The first-order valence-corrected chi connectivity index (χ1v) is 9.49. The molecule has 0 bridgehead atoms. The Bertz CT molecular complexity index is 785. The highest BCUT2D eigenvalue weighted by Crippen LogP contribution is 2.32. The Morgan fingerprint density at radius 2 is 1.77 bits per heavy atom. The van der Waals surface area contributed by atoms with Gasteiger partial charge in [-0.2, -0.15) is 0 Å². The minimum atomic E-state index is -0.462. The van der Waals surface area contributed by atoms with Crippen molar-refractivity contribution in [1.82, 2.24) is 10.9 Å². The number of rotatable bonds is 6. The lowest BCUT2D eigenvalue weighted by Crippen LogP contribution is -2.46. The normalized spacial score (nSPS) is 11.5. The van der Waals surface area contributed by atoms with Crippen molar-refractivity contribution in [2.24, 2.45) is 0 Å². The fraction of sp³-hybridized carbons (Fsp3) is 0.222. The molecule has 5 nitrogen and oxygen atoms in total. The Balaban J connectivity index is 1.77. The van der Waals surface area contributed by atoms with Gasteiger partial charge in [-0.1, -0.05) is 40.9 Å². The van der Waals surface area contributed by atoms with Gasteiger partial charge in [-0.15, -0.1) is 11.8 Å². The highest BCUT2D eigenvalue weighted by Gasteiger charge is 2.16. The summed E-state index contributed by atoms with van der Waals surface area (Å²) in [5, 5.41) is 3.58. The van der Waals surface area contributed by atoms with Crippen molar-refractivity contribution in [2.75, 3.05) is 11.9 Å². The number of nitrogens with one attached hydrogen (secondary N) is 3. The maximum atomic E-state index is 12.1. The smallest absolute Gasteiger partial charge is 0.257 e. The van der Waals surface area contributed by atoms with Crippen LogP contribution in [0.5, 0.6) is 0 Å². The number of halogens is 2. The maximum absolute atomic E-state index is 12.1. The van der Waals surface area contributed by atoms with Gasteiger partial charge in [0, 0.05) is 15.6 Å². The molecule has 2 aromatic rings. The van der Waals surface area contributed by atoms with Gasteiger partial charge in [-0.3, -0.25) is 20.4 Å². The summed E-state index contributed by atoms with van der Waals surface area (Å²) >= 11 is 13.3. The number of carbonyl (C=O) groups excluding carboxylic acids is 2. The molecule has 1 unspecified atom stereocenters. The third-order valence-corrected chi connectivity index (χ3v) is 5.23. The van der Waals surface area contributed by atoms with Crippen molar-refractivity contribution in [3.63, 3.8) is 0 Å². The topological polar surface area (TPSA) is 70.2 Å². The van der Waals surface area contributed by atoms with Crippen LogP contribution >= 0.6 is 35.0 Å². The second kappa shape index (κ2) is 9.71. The van der Waals surface area contributed by atoms with Crippen molar-refractivity contribution >= 4 is 52.5 Å². The first-order chi connectivity index (χ1) is 12.3. The zero-order valence-electron chi connectivity index (χ0n) is 14.3. The van der Waals surface area contributed by atoms with Crippen molar-refractivity contribution < 1.29 is 9.59 Å². The van der Waals surface area contributed by atoms with E-state index in [1.54, 1.807) is 25.1 Å². The number of hydrazine groups is 1. The molecule has 2 amide bonds. The summed E-state index contributed by atoms with van der Waals surface area (Å²) in [7, 11) is 0. The van der Waals surface area contributed by atoms with E-state index in [2.05, 4.69) is 16.2 Å². The number of anilines is 1. The number of hydrogen-bond donors (Lipinski definition) is 3. The monoisotopic (exact) mass is 411 g/mol. The van der Waals surface area contributed by atoms with Crippen LogP contribution in [0.15, 0.2) is 47.4 Å². The van der Waals surface area contributed by atoms with Gasteiger partial charge in [0.25, 0.3) is 11.8 Å². The van der Waals surface area contributed by atoms with E-state index in [1.807, 2.05) is 31.2 Å².